The summed E-state index contributed by atoms with van der Waals surface area (Å²) in [6.45, 7) is 9.76. The van der Waals surface area contributed by atoms with Crippen LogP contribution in [0, 0.1) is 11.8 Å². The van der Waals surface area contributed by atoms with Crippen molar-refractivity contribution in [2.45, 2.75) is 65.3 Å². The van der Waals surface area contributed by atoms with Gasteiger partial charge in [-0.15, -0.1) is 0 Å². The van der Waals surface area contributed by atoms with Crippen LogP contribution in [-0.4, -0.2) is 25.8 Å². The first-order valence-electron chi connectivity index (χ1n) is 7.55. The van der Waals surface area contributed by atoms with Crippen molar-refractivity contribution in [3.8, 4) is 0 Å². The van der Waals surface area contributed by atoms with E-state index in [4.69, 9.17) is 4.74 Å². The molecule has 102 valence electrons. The summed E-state index contributed by atoms with van der Waals surface area (Å²) in [6, 6.07) is 0.742. The van der Waals surface area contributed by atoms with Crippen molar-refractivity contribution in [3.63, 3.8) is 0 Å². The molecule has 17 heavy (non-hydrogen) atoms. The monoisotopic (exact) mass is 241 g/mol. The van der Waals surface area contributed by atoms with Crippen molar-refractivity contribution in [2.24, 2.45) is 11.8 Å². The summed E-state index contributed by atoms with van der Waals surface area (Å²) < 4.78 is 5.58. The van der Waals surface area contributed by atoms with Crippen LogP contribution >= 0.6 is 0 Å². The lowest BCUT2D eigenvalue weighted by atomic mass is 9.79. The summed E-state index contributed by atoms with van der Waals surface area (Å²) in [7, 11) is 0. The maximum absolute atomic E-state index is 5.58. The molecule has 0 aromatic heterocycles. The molecule has 0 aromatic carbocycles. The van der Waals surface area contributed by atoms with E-state index < -0.39 is 0 Å². The minimum absolute atomic E-state index is 0.742. The first kappa shape index (κ1) is 15.0. The Morgan fingerprint density at radius 2 is 2.06 bits per heavy atom. The Balaban J connectivity index is 2.02. The van der Waals surface area contributed by atoms with Gasteiger partial charge in [0.05, 0.1) is 6.61 Å². The Morgan fingerprint density at radius 3 is 2.76 bits per heavy atom. The molecule has 0 heterocycles. The zero-order chi connectivity index (χ0) is 12.5. The normalized spacial score (nSPS) is 25.4. The average molecular weight is 241 g/mol. The molecule has 1 saturated carbocycles. The van der Waals surface area contributed by atoms with Crippen LogP contribution < -0.4 is 5.32 Å². The molecule has 1 rings (SSSR count). The first-order valence-corrected chi connectivity index (χ1v) is 7.55. The lowest BCUT2D eigenvalue weighted by Gasteiger charge is -2.32. The fraction of sp³-hybridized carbons (Fsp3) is 1.00. The Hall–Kier alpha value is -0.0800. The lowest BCUT2D eigenvalue weighted by molar-refractivity contribution is 0.126. The Bertz CT molecular complexity index is 182. The average Bonchev–Trinajstić information content (AvgIpc) is 2.34. The number of unbranched alkanes of at least 4 members (excludes halogenated alkanes) is 1. The van der Waals surface area contributed by atoms with Gasteiger partial charge in [-0.05, 0) is 31.1 Å². The van der Waals surface area contributed by atoms with Crippen LogP contribution in [0.2, 0.25) is 0 Å². The third kappa shape index (κ3) is 6.42. The van der Waals surface area contributed by atoms with Crippen molar-refractivity contribution in [1.29, 1.82) is 0 Å². The second-order valence-corrected chi connectivity index (χ2v) is 5.79. The summed E-state index contributed by atoms with van der Waals surface area (Å²) in [5.41, 5.74) is 0. The van der Waals surface area contributed by atoms with Gasteiger partial charge < -0.3 is 10.1 Å². The third-order valence-electron chi connectivity index (χ3n) is 3.98. The topological polar surface area (TPSA) is 21.3 Å². The number of hydrogen-bond donors (Lipinski definition) is 1. The van der Waals surface area contributed by atoms with E-state index in [-0.39, 0.29) is 0 Å². The highest BCUT2D eigenvalue weighted by atomic mass is 16.5. The predicted octanol–water partition coefficient (Wildman–Crippen LogP) is 3.61. The Kier molecular flexibility index (Phi) is 7.87. The fourth-order valence-corrected chi connectivity index (χ4v) is 2.70. The molecular formula is C15H31NO. The van der Waals surface area contributed by atoms with E-state index >= 15 is 0 Å². The first-order chi connectivity index (χ1) is 8.24. The molecule has 2 atom stereocenters. The minimum atomic E-state index is 0.742. The summed E-state index contributed by atoms with van der Waals surface area (Å²) in [4.78, 5) is 0. The van der Waals surface area contributed by atoms with Gasteiger partial charge >= 0.3 is 0 Å². The molecule has 2 nitrogen and oxygen atoms in total. The lowest BCUT2D eigenvalue weighted by Crippen LogP contribution is -2.37. The van der Waals surface area contributed by atoms with E-state index in [1.165, 1.54) is 38.5 Å². The standard InChI is InChI=1S/C15H31NO/c1-4-5-10-17-11-9-16-15-8-6-7-14(12-15)13(2)3/h13-16H,4-12H2,1-3H3. The minimum Gasteiger partial charge on any atom is -0.380 e. The highest BCUT2D eigenvalue weighted by Crippen LogP contribution is 2.29. The maximum atomic E-state index is 5.58. The smallest absolute Gasteiger partial charge is 0.0590 e. The van der Waals surface area contributed by atoms with E-state index in [1.807, 2.05) is 0 Å². The Morgan fingerprint density at radius 1 is 1.24 bits per heavy atom. The molecule has 0 amide bonds. The summed E-state index contributed by atoms with van der Waals surface area (Å²) in [5.74, 6) is 1.78. The molecule has 1 aliphatic rings. The summed E-state index contributed by atoms with van der Waals surface area (Å²) in [5, 5.41) is 3.66. The van der Waals surface area contributed by atoms with Crippen molar-refractivity contribution in [2.75, 3.05) is 19.8 Å². The number of ether oxygens (including phenoxy) is 1. The molecule has 1 N–H and O–H groups in total. The van der Waals surface area contributed by atoms with Crippen molar-refractivity contribution in [1.82, 2.24) is 5.32 Å². The molecular weight excluding hydrogens is 210 g/mol. The van der Waals surface area contributed by atoms with Crippen LogP contribution in [0.5, 0.6) is 0 Å². The molecule has 0 aliphatic heterocycles. The number of rotatable bonds is 8. The van der Waals surface area contributed by atoms with E-state index in [2.05, 4.69) is 26.1 Å². The second kappa shape index (κ2) is 8.93. The van der Waals surface area contributed by atoms with E-state index in [9.17, 15) is 0 Å². The SMILES string of the molecule is CCCCOCCNC1CCCC(C(C)C)C1. The van der Waals surface area contributed by atoms with Crippen LogP contribution in [0.4, 0.5) is 0 Å². The van der Waals surface area contributed by atoms with Gasteiger partial charge in [0.15, 0.2) is 0 Å². The summed E-state index contributed by atoms with van der Waals surface area (Å²) >= 11 is 0. The van der Waals surface area contributed by atoms with Crippen LogP contribution in [0.1, 0.15) is 59.3 Å². The third-order valence-corrected chi connectivity index (χ3v) is 3.98. The van der Waals surface area contributed by atoms with Gasteiger partial charge in [0.2, 0.25) is 0 Å². The zero-order valence-corrected chi connectivity index (χ0v) is 12.0. The van der Waals surface area contributed by atoms with Crippen molar-refractivity contribution < 1.29 is 4.74 Å². The molecule has 2 unspecified atom stereocenters. The zero-order valence-electron chi connectivity index (χ0n) is 12.0. The molecule has 0 radical (unpaired) electrons. The van der Waals surface area contributed by atoms with Gasteiger partial charge in [0.1, 0.15) is 0 Å². The molecule has 1 fully saturated rings. The number of nitrogens with one attached hydrogen (secondary N) is 1. The molecule has 1 aliphatic carbocycles. The van der Waals surface area contributed by atoms with Crippen LogP contribution in [0.25, 0.3) is 0 Å². The molecule has 0 aromatic rings. The number of hydrogen-bond acceptors (Lipinski definition) is 2. The van der Waals surface area contributed by atoms with Crippen LogP contribution in [0.15, 0.2) is 0 Å². The van der Waals surface area contributed by atoms with E-state index in [0.717, 1.165) is 37.6 Å². The molecule has 0 spiro atoms. The summed E-state index contributed by atoms with van der Waals surface area (Å²) in [6.07, 6.45) is 7.98. The highest BCUT2D eigenvalue weighted by molar-refractivity contribution is 4.79. The van der Waals surface area contributed by atoms with Gasteiger partial charge in [0.25, 0.3) is 0 Å². The van der Waals surface area contributed by atoms with E-state index in [1.54, 1.807) is 0 Å². The second-order valence-electron chi connectivity index (χ2n) is 5.79. The van der Waals surface area contributed by atoms with Gasteiger partial charge in [-0.1, -0.05) is 40.0 Å². The van der Waals surface area contributed by atoms with Crippen molar-refractivity contribution in [3.05, 3.63) is 0 Å². The van der Waals surface area contributed by atoms with E-state index in [0.29, 0.717) is 0 Å². The van der Waals surface area contributed by atoms with Crippen LogP contribution in [-0.2, 0) is 4.74 Å². The Labute approximate surface area is 108 Å². The van der Waals surface area contributed by atoms with Crippen LogP contribution in [0.3, 0.4) is 0 Å². The molecule has 0 saturated heterocycles. The molecule has 2 heteroatoms. The maximum Gasteiger partial charge on any atom is 0.0590 e. The van der Waals surface area contributed by atoms with Gasteiger partial charge in [-0.2, -0.15) is 0 Å². The fourth-order valence-electron chi connectivity index (χ4n) is 2.70. The van der Waals surface area contributed by atoms with Gasteiger partial charge in [-0.25, -0.2) is 0 Å². The van der Waals surface area contributed by atoms with Gasteiger partial charge in [0, 0.05) is 19.2 Å². The van der Waals surface area contributed by atoms with Gasteiger partial charge in [-0.3, -0.25) is 0 Å². The molecule has 0 bridgehead atoms. The quantitative estimate of drug-likeness (QED) is 0.656. The predicted molar refractivity (Wildman–Crippen MR) is 74.3 cm³/mol. The van der Waals surface area contributed by atoms with Crippen molar-refractivity contribution >= 4 is 0 Å². The largest absolute Gasteiger partial charge is 0.380 e. The highest BCUT2D eigenvalue weighted by Gasteiger charge is 2.23.